The van der Waals surface area contributed by atoms with Crippen molar-refractivity contribution in [2.24, 2.45) is 5.92 Å². The number of halogens is 3. The normalized spacial score (nSPS) is 18.0. The number of aromatic amines is 2. The number of anilines is 1. The van der Waals surface area contributed by atoms with Gasteiger partial charge in [0.2, 0.25) is 0 Å². The summed E-state index contributed by atoms with van der Waals surface area (Å²) in [5.74, 6) is 0.561. The molecule has 0 radical (unpaired) electrons. The van der Waals surface area contributed by atoms with Crippen LogP contribution in [0.3, 0.4) is 0 Å². The second-order valence-electron chi connectivity index (χ2n) is 7.70. The predicted molar refractivity (Wildman–Crippen MR) is 115 cm³/mol. The Morgan fingerprint density at radius 2 is 1.94 bits per heavy atom. The first-order valence-electron chi connectivity index (χ1n) is 10.2. The van der Waals surface area contributed by atoms with Gasteiger partial charge in [-0.25, -0.2) is 9.21 Å². The van der Waals surface area contributed by atoms with E-state index in [0.29, 0.717) is 28.3 Å². The molecule has 4 rings (SSSR count). The lowest BCUT2D eigenvalue weighted by Gasteiger charge is -2.28. The van der Waals surface area contributed by atoms with Crippen molar-refractivity contribution in [1.29, 1.82) is 0 Å². The van der Waals surface area contributed by atoms with Gasteiger partial charge in [0.15, 0.2) is 11.7 Å². The Bertz CT molecular complexity index is 1020. The third-order valence-electron chi connectivity index (χ3n) is 5.17. The Hall–Kier alpha value is -2.69. The molecule has 0 spiro atoms. The fourth-order valence-electron chi connectivity index (χ4n) is 3.70. The van der Waals surface area contributed by atoms with Crippen LogP contribution in [0.5, 0.6) is 0 Å². The largest absolute Gasteiger partial charge is 0.476 e. The van der Waals surface area contributed by atoms with Crippen LogP contribution < -0.4 is 16.4 Å². The van der Waals surface area contributed by atoms with Crippen molar-refractivity contribution in [1.82, 2.24) is 19.7 Å². The minimum atomic E-state index is -4.41. The summed E-state index contributed by atoms with van der Waals surface area (Å²) in [6, 6.07) is 5.25. The summed E-state index contributed by atoms with van der Waals surface area (Å²) in [4.78, 5) is 16.8. The molecule has 31 heavy (non-hydrogen) atoms. The monoisotopic (exact) mass is 455 g/mol. The molecule has 2 aliphatic rings. The zero-order valence-corrected chi connectivity index (χ0v) is 17.5. The van der Waals surface area contributed by atoms with Crippen LogP contribution in [0, 0.1) is 5.92 Å². The topological polar surface area (TPSA) is 85.2 Å². The Morgan fingerprint density at radius 1 is 1.16 bits per heavy atom. The molecular formula is C20H24F3N5O2S. The van der Waals surface area contributed by atoms with E-state index in [9.17, 15) is 18.0 Å². The van der Waals surface area contributed by atoms with E-state index in [0.717, 1.165) is 31.3 Å². The summed E-state index contributed by atoms with van der Waals surface area (Å²) in [6.07, 6.45) is 4.96. The van der Waals surface area contributed by atoms with Crippen LogP contribution in [-0.2, 0) is 4.74 Å². The van der Waals surface area contributed by atoms with Crippen LogP contribution in [0.15, 0.2) is 46.1 Å². The lowest BCUT2D eigenvalue weighted by atomic mass is 9.89. The van der Waals surface area contributed by atoms with E-state index in [1.165, 1.54) is 19.3 Å². The van der Waals surface area contributed by atoms with Gasteiger partial charge in [-0.05, 0) is 37.0 Å². The summed E-state index contributed by atoms with van der Waals surface area (Å²) in [5, 5.41) is 3.48. The van der Waals surface area contributed by atoms with Gasteiger partial charge in [-0.1, -0.05) is 19.3 Å². The van der Waals surface area contributed by atoms with Crippen LogP contribution in [0.25, 0.3) is 11.0 Å². The number of hydrogen-bond acceptors (Lipinski definition) is 6. The fraction of sp³-hybridized carbons (Fsp3) is 0.450. The van der Waals surface area contributed by atoms with E-state index in [1.54, 1.807) is 34.9 Å². The molecule has 1 saturated carbocycles. The van der Waals surface area contributed by atoms with Gasteiger partial charge in [0.05, 0.1) is 28.6 Å². The number of rotatable bonds is 7. The lowest BCUT2D eigenvalue weighted by Crippen LogP contribution is -2.28. The molecule has 4 N–H and O–H groups in total. The van der Waals surface area contributed by atoms with Gasteiger partial charge in [-0.15, -0.1) is 0 Å². The van der Waals surface area contributed by atoms with E-state index >= 15 is 0 Å². The van der Waals surface area contributed by atoms with Crippen molar-refractivity contribution in [2.75, 3.05) is 18.6 Å². The molecule has 2 heterocycles. The third-order valence-corrected chi connectivity index (χ3v) is 5.98. The highest BCUT2D eigenvalue weighted by atomic mass is 32.2. The van der Waals surface area contributed by atoms with Gasteiger partial charge in [0.1, 0.15) is 0 Å². The number of nitrogens with zero attached hydrogens (tertiary/aromatic N) is 1. The zero-order valence-electron chi connectivity index (χ0n) is 16.7. The third kappa shape index (κ3) is 6.16. The van der Waals surface area contributed by atoms with Crippen LogP contribution in [0.4, 0.5) is 18.9 Å². The average molecular weight is 456 g/mol. The molecule has 0 saturated heterocycles. The smallest absolute Gasteiger partial charge is 0.422 e. The number of hydrogen-bond donors (Lipinski definition) is 4. The number of aromatic nitrogens is 2. The second kappa shape index (κ2) is 9.21. The van der Waals surface area contributed by atoms with E-state index in [4.69, 9.17) is 4.74 Å². The Kier molecular flexibility index (Phi) is 6.40. The molecule has 0 amide bonds. The molecule has 2 aromatic rings. The molecule has 0 bridgehead atoms. The van der Waals surface area contributed by atoms with Crippen LogP contribution >= 0.6 is 11.9 Å². The average Bonchev–Trinajstić information content (AvgIpc) is 3.10. The lowest BCUT2D eigenvalue weighted by molar-refractivity contribution is -0.162. The van der Waals surface area contributed by atoms with Gasteiger partial charge < -0.3 is 20.0 Å². The summed E-state index contributed by atoms with van der Waals surface area (Å²) in [5.41, 5.74) is 5.44. The van der Waals surface area contributed by atoms with E-state index in [2.05, 4.69) is 20.7 Å². The molecule has 7 nitrogen and oxygen atoms in total. The van der Waals surface area contributed by atoms with Crippen LogP contribution in [0.1, 0.15) is 32.1 Å². The summed E-state index contributed by atoms with van der Waals surface area (Å²) in [7, 11) is 0. The SMILES string of the molecule is O=c1[nH]c2ccc(NN3C=C(NCC4CCCCC4)C=C(OCC(F)(F)F)S3)cc2[nH]1. The molecule has 0 atom stereocenters. The molecule has 1 aliphatic carbocycles. The standard InChI is InChI=1S/C20H24F3N5O2S/c21-20(22,23)12-30-18-9-15(24-10-13-4-2-1-3-5-13)11-28(31-18)27-14-6-7-16-17(8-14)26-19(29)25-16/h6-9,11,13,24,27H,1-5,10,12H2,(H2,25,26,29). The minimum Gasteiger partial charge on any atom is -0.476 e. The number of allylic oxidation sites excluding steroid dienone is 1. The Morgan fingerprint density at radius 3 is 2.71 bits per heavy atom. The highest BCUT2D eigenvalue weighted by Gasteiger charge is 2.30. The molecule has 11 heteroatoms. The number of fused-ring (bicyclic) bond motifs is 1. The van der Waals surface area contributed by atoms with Gasteiger partial charge in [0, 0.05) is 24.6 Å². The number of H-pyrrole nitrogens is 2. The second-order valence-corrected chi connectivity index (χ2v) is 8.68. The number of hydrazine groups is 1. The minimum absolute atomic E-state index is 0.134. The molecule has 1 fully saturated rings. The zero-order chi connectivity index (χ0) is 21.8. The molecule has 0 unspecified atom stereocenters. The summed E-state index contributed by atoms with van der Waals surface area (Å²) < 4.78 is 44.5. The van der Waals surface area contributed by atoms with E-state index in [1.807, 2.05) is 0 Å². The number of ether oxygens (including phenoxy) is 1. The van der Waals surface area contributed by atoms with Crippen LogP contribution in [-0.4, -0.2) is 33.7 Å². The van der Waals surface area contributed by atoms with Crippen molar-refractivity contribution in [3.05, 3.63) is 51.7 Å². The molecule has 1 aromatic carbocycles. The number of alkyl halides is 3. The number of nitrogens with one attached hydrogen (secondary N) is 4. The van der Waals surface area contributed by atoms with Crippen molar-refractivity contribution < 1.29 is 17.9 Å². The maximum Gasteiger partial charge on any atom is 0.422 e. The van der Waals surface area contributed by atoms with Gasteiger partial charge in [0.25, 0.3) is 0 Å². The highest BCUT2D eigenvalue weighted by Crippen LogP contribution is 2.32. The van der Waals surface area contributed by atoms with Gasteiger partial charge in [-0.2, -0.15) is 13.2 Å². The van der Waals surface area contributed by atoms with Crippen molar-refractivity contribution in [2.45, 2.75) is 38.3 Å². The molecule has 1 aliphatic heterocycles. The Labute approximate surface area is 181 Å². The van der Waals surface area contributed by atoms with Crippen molar-refractivity contribution in [3.63, 3.8) is 0 Å². The van der Waals surface area contributed by atoms with Crippen molar-refractivity contribution >= 4 is 28.7 Å². The Balaban J connectivity index is 1.46. The first-order valence-corrected chi connectivity index (χ1v) is 10.9. The highest BCUT2D eigenvalue weighted by molar-refractivity contribution is 8.00. The van der Waals surface area contributed by atoms with E-state index in [-0.39, 0.29) is 10.8 Å². The molecular weight excluding hydrogens is 431 g/mol. The van der Waals surface area contributed by atoms with E-state index < -0.39 is 12.8 Å². The molecule has 168 valence electrons. The first kappa shape index (κ1) is 21.5. The molecule has 1 aromatic heterocycles. The maximum atomic E-state index is 12.6. The number of benzene rings is 1. The summed E-state index contributed by atoms with van der Waals surface area (Å²) in [6.45, 7) is -0.587. The first-order chi connectivity index (χ1) is 14.8. The van der Waals surface area contributed by atoms with Gasteiger partial charge >= 0.3 is 11.9 Å². The van der Waals surface area contributed by atoms with Gasteiger partial charge in [-0.3, -0.25) is 5.43 Å². The number of imidazole rings is 1. The van der Waals surface area contributed by atoms with Crippen LogP contribution in [0.2, 0.25) is 0 Å². The predicted octanol–water partition coefficient (Wildman–Crippen LogP) is 4.58. The fourth-order valence-corrected chi connectivity index (χ4v) is 4.50. The quantitative estimate of drug-likeness (QED) is 0.458. The maximum absolute atomic E-state index is 12.6. The van der Waals surface area contributed by atoms with Crippen molar-refractivity contribution in [3.8, 4) is 0 Å². The summed E-state index contributed by atoms with van der Waals surface area (Å²) >= 11 is 1.01.